The molecule has 230 valence electrons. The van der Waals surface area contributed by atoms with E-state index < -0.39 is 0 Å². The maximum atomic E-state index is 6.19. The summed E-state index contributed by atoms with van der Waals surface area (Å²) >= 11 is 6.12. The molecule has 0 unspecified atom stereocenters. The van der Waals surface area contributed by atoms with E-state index in [1.807, 2.05) is 12.1 Å². The van der Waals surface area contributed by atoms with E-state index in [-0.39, 0.29) is 63.6 Å². The number of fused-ring (bicyclic) bond motifs is 8. The van der Waals surface area contributed by atoms with Crippen LogP contribution in [-0.4, -0.2) is 0 Å². The molecule has 0 aromatic heterocycles. The molecule has 0 bridgehead atoms. The lowest BCUT2D eigenvalue weighted by Gasteiger charge is -1.97. The van der Waals surface area contributed by atoms with Crippen LogP contribution in [0.3, 0.4) is 0 Å². The summed E-state index contributed by atoms with van der Waals surface area (Å²) in [6, 6.07) is 63.3. The Balaban J connectivity index is 0.000000109. The molecule has 0 N–H and O–H groups in total. The lowest BCUT2D eigenvalue weighted by molar-refractivity contribution is -0.597. The standard InChI is InChI=1S/C20H14I.C12H7ClI.C12H8I/c1-3-7-17-13-19(11-9-15(17)5-1)21-20-12-10-16-6-2-4-8-18(16)14-20;13-10-6-3-5-9-8-4-1-2-7-11(8)14-12(9)10;1-3-7-11-9(5-1)10-6-2-4-8-12(10)13-11/h1-14H;1-7H;1-8H/q3*+1. The highest BCUT2D eigenvalue weighted by molar-refractivity contribution is 6.30. The summed E-state index contributed by atoms with van der Waals surface area (Å²) in [6.07, 6.45) is 0. The predicted molar refractivity (Wildman–Crippen MR) is 189 cm³/mol. The van der Waals surface area contributed by atoms with E-state index >= 15 is 0 Å². The number of benzene rings is 8. The fraction of sp³-hybridized carbons (Fsp3) is 0. The molecule has 8 aromatic carbocycles. The summed E-state index contributed by atoms with van der Waals surface area (Å²) in [7, 11) is 0. The second kappa shape index (κ2) is 14.7. The number of hydrogen-bond donors (Lipinski definition) is 0. The first-order valence-corrected chi connectivity index (χ1v) is 22.5. The summed E-state index contributed by atoms with van der Waals surface area (Å²) in [5.41, 5.74) is 5.66. The van der Waals surface area contributed by atoms with Gasteiger partial charge in [0.25, 0.3) is 0 Å². The Hall–Kier alpha value is -3.24. The van der Waals surface area contributed by atoms with Crippen LogP contribution in [0.4, 0.5) is 0 Å². The molecule has 0 aliphatic carbocycles. The molecule has 2 aliphatic rings. The van der Waals surface area contributed by atoms with Gasteiger partial charge in [0, 0.05) is 22.3 Å². The summed E-state index contributed by atoms with van der Waals surface area (Å²) in [6.45, 7) is 0. The van der Waals surface area contributed by atoms with Crippen LogP contribution in [0, 0.1) is 21.4 Å². The van der Waals surface area contributed by atoms with Crippen LogP contribution in [-0.2, 0) is 0 Å². The summed E-state index contributed by atoms with van der Waals surface area (Å²) < 4.78 is 8.97. The molecule has 2 heterocycles. The van der Waals surface area contributed by atoms with Crippen molar-refractivity contribution in [2.24, 2.45) is 0 Å². The molecule has 0 amide bonds. The Labute approximate surface area is 318 Å². The van der Waals surface area contributed by atoms with Gasteiger partial charge >= 0.3 is 63.6 Å². The van der Waals surface area contributed by atoms with E-state index in [0.717, 1.165) is 5.02 Å². The molecule has 0 atom stereocenters. The molecule has 0 nitrogen and oxygen atoms in total. The van der Waals surface area contributed by atoms with Gasteiger partial charge < -0.3 is 0 Å². The summed E-state index contributed by atoms with van der Waals surface area (Å²) in [4.78, 5) is 0. The molecule has 0 fully saturated rings. The third-order valence-electron chi connectivity index (χ3n) is 8.19. The molecule has 0 radical (unpaired) electrons. The van der Waals surface area contributed by atoms with E-state index in [0.29, 0.717) is 0 Å². The van der Waals surface area contributed by atoms with E-state index in [1.165, 1.54) is 58.1 Å². The second-order valence-corrected chi connectivity index (χ2v) is 20.4. The van der Waals surface area contributed by atoms with Crippen LogP contribution in [0.15, 0.2) is 176 Å². The predicted octanol–water partition coefficient (Wildman–Crippen LogP) is 2.37. The van der Waals surface area contributed by atoms with Crippen molar-refractivity contribution in [2.45, 2.75) is 0 Å². The first-order chi connectivity index (χ1) is 23.7. The summed E-state index contributed by atoms with van der Waals surface area (Å²) in [5.74, 6) is 0. The van der Waals surface area contributed by atoms with Gasteiger partial charge in [0.15, 0.2) is 7.14 Å². The zero-order valence-electron chi connectivity index (χ0n) is 25.8. The van der Waals surface area contributed by atoms with Crippen LogP contribution in [0.2, 0.25) is 5.02 Å². The molecule has 10 rings (SSSR count). The van der Waals surface area contributed by atoms with Gasteiger partial charge in [-0.15, -0.1) is 0 Å². The van der Waals surface area contributed by atoms with Gasteiger partial charge in [-0.25, -0.2) is 0 Å². The average molecular weight is 974 g/mol. The van der Waals surface area contributed by atoms with Gasteiger partial charge in [-0.2, -0.15) is 0 Å². The van der Waals surface area contributed by atoms with Crippen molar-refractivity contribution < 1.29 is 63.6 Å². The minimum atomic E-state index is -0.121. The zero-order valence-corrected chi connectivity index (χ0v) is 33.0. The van der Waals surface area contributed by atoms with Crippen LogP contribution in [0.5, 0.6) is 0 Å². The Morgan fingerprint density at radius 2 is 0.771 bits per heavy atom. The molecular weight excluding hydrogens is 945 g/mol. The van der Waals surface area contributed by atoms with Crippen LogP contribution >= 0.6 is 11.6 Å². The van der Waals surface area contributed by atoms with Crippen LogP contribution in [0.25, 0.3) is 43.8 Å². The molecule has 0 spiro atoms. The Bertz CT molecular complexity index is 2290. The van der Waals surface area contributed by atoms with Gasteiger partial charge in [0.2, 0.25) is 14.3 Å². The SMILES string of the molecule is Clc1cccc2c1[I+]c1ccccc1-2.c1ccc2c(c1)[I+]c1ccccc1-2.c1ccc2cc([I+]c3ccc4ccccc4c3)ccc2c1. The minimum Gasteiger partial charge on any atom is -0.0793 e. The van der Waals surface area contributed by atoms with Crippen LogP contribution in [0.1, 0.15) is 0 Å². The minimum absolute atomic E-state index is 0.0509. The molecule has 8 aromatic rings. The van der Waals surface area contributed by atoms with E-state index in [1.54, 1.807) is 7.14 Å². The van der Waals surface area contributed by atoms with Crippen molar-refractivity contribution >= 4 is 33.1 Å². The Morgan fingerprint density at radius 3 is 1.31 bits per heavy atom. The first-order valence-electron chi connectivity index (χ1n) is 15.7. The Kier molecular flexibility index (Phi) is 9.80. The largest absolute Gasteiger partial charge is 0.360 e. The van der Waals surface area contributed by atoms with Gasteiger partial charge in [-0.05, 0) is 106 Å². The van der Waals surface area contributed by atoms with Gasteiger partial charge in [-0.1, -0.05) is 103 Å². The van der Waals surface area contributed by atoms with Gasteiger partial charge in [-0.3, -0.25) is 0 Å². The second-order valence-electron chi connectivity index (χ2n) is 11.3. The fourth-order valence-electron chi connectivity index (χ4n) is 5.87. The molecule has 2 aliphatic heterocycles. The van der Waals surface area contributed by atoms with Crippen molar-refractivity contribution in [3.63, 3.8) is 0 Å². The molecule has 0 saturated heterocycles. The topological polar surface area (TPSA) is 0 Å². The van der Waals surface area contributed by atoms with Gasteiger partial charge in [0.1, 0.15) is 0 Å². The smallest absolute Gasteiger partial charge is 0.0793 e. The highest BCUT2D eigenvalue weighted by atomic mass is 127. The van der Waals surface area contributed by atoms with Crippen molar-refractivity contribution in [1.29, 1.82) is 0 Å². The van der Waals surface area contributed by atoms with Gasteiger partial charge in [0.05, 0.1) is 5.02 Å². The molecule has 4 heteroatoms. The Morgan fingerprint density at radius 1 is 0.354 bits per heavy atom. The highest BCUT2D eigenvalue weighted by Gasteiger charge is 2.35. The van der Waals surface area contributed by atoms with Crippen molar-refractivity contribution in [2.75, 3.05) is 0 Å². The fourth-order valence-corrected chi connectivity index (χ4v) is 14.6. The summed E-state index contributed by atoms with van der Waals surface area (Å²) in [5, 5.41) is 6.27. The molecule has 0 saturated carbocycles. The first kappa shape index (κ1) is 32.0. The normalized spacial score (nSPS) is 11.8. The highest BCUT2D eigenvalue weighted by Crippen LogP contribution is 2.26. The van der Waals surface area contributed by atoms with E-state index in [2.05, 4.69) is 164 Å². The zero-order chi connectivity index (χ0) is 32.3. The lowest BCUT2D eigenvalue weighted by atomic mass is 10.1. The maximum Gasteiger partial charge on any atom is 0.360 e. The van der Waals surface area contributed by atoms with Crippen molar-refractivity contribution in [3.8, 4) is 22.3 Å². The quantitative estimate of drug-likeness (QED) is 0.234. The number of rotatable bonds is 2. The third-order valence-corrected chi connectivity index (χ3v) is 17.7. The monoisotopic (exact) mass is 973 g/mol. The van der Waals surface area contributed by atoms with E-state index in [4.69, 9.17) is 11.6 Å². The van der Waals surface area contributed by atoms with Crippen molar-refractivity contribution in [1.82, 2.24) is 0 Å². The van der Waals surface area contributed by atoms with Crippen LogP contribution < -0.4 is 63.6 Å². The lowest BCUT2D eigenvalue weighted by Crippen LogP contribution is -3.61. The average Bonchev–Trinajstić information content (AvgIpc) is 3.72. The molecular formula is C44H29ClI3+3. The number of hydrogen-bond acceptors (Lipinski definition) is 0. The molecule has 48 heavy (non-hydrogen) atoms. The number of halogens is 4. The van der Waals surface area contributed by atoms with E-state index in [9.17, 15) is 0 Å². The van der Waals surface area contributed by atoms with Crippen molar-refractivity contribution in [3.05, 3.63) is 202 Å². The third kappa shape index (κ3) is 6.93. The maximum absolute atomic E-state index is 6.19.